The van der Waals surface area contributed by atoms with Crippen LogP contribution in [0.3, 0.4) is 0 Å². The van der Waals surface area contributed by atoms with E-state index < -0.39 is 0 Å². The number of hydrogen-bond acceptors (Lipinski definition) is 2. The van der Waals surface area contributed by atoms with Gasteiger partial charge in [-0.1, -0.05) is 45.4 Å². The topological polar surface area (TPSA) is 3.24 Å². The van der Waals surface area contributed by atoms with Gasteiger partial charge in [0.05, 0.1) is 0 Å². The lowest BCUT2D eigenvalue weighted by Crippen LogP contribution is -2.32. The van der Waals surface area contributed by atoms with Crippen LogP contribution in [0, 0.1) is 0 Å². The molecule has 0 saturated carbocycles. The minimum absolute atomic E-state index is 0.772. The first-order valence-corrected chi connectivity index (χ1v) is 5.70. The zero-order chi connectivity index (χ0) is 8.81. The van der Waals surface area contributed by atoms with Gasteiger partial charge in [0.25, 0.3) is 0 Å². The van der Waals surface area contributed by atoms with Gasteiger partial charge in [-0.2, -0.15) is 0 Å². The zero-order valence-electron chi connectivity index (χ0n) is 8.13. The van der Waals surface area contributed by atoms with Crippen LogP contribution in [0.4, 0.5) is 0 Å². The van der Waals surface area contributed by atoms with Crippen LogP contribution >= 0.6 is 12.8 Å². The lowest BCUT2D eigenvalue weighted by Gasteiger charge is -2.31. The Morgan fingerprint density at radius 1 is 1.33 bits per heavy atom. The van der Waals surface area contributed by atoms with Crippen molar-refractivity contribution >= 4 is 12.8 Å². The Balaban J connectivity index is 2.11. The summed E-state index contributed by atoms with van der Waals surface area (Å²) in [4.78, 5) is 0. The van der Waals surface area contributed by atoms with Crippen LogP contribution in [0.5, 0.6) is 0 Å². The van der Waals surface area contributed by atoms with Crippen LogP contribution in [-0.4, -0.2) is 16.9 Å². The van der Waals surface area contributed by atoms with Crippen molar-refractivity contribution in [1.82, 2.24) is 4.31 Å². The quantitative estimate of drug-likeness (QED) is 0.522. The Bertz CT molecular complexity index is 116. The number of thiol groups is 1. The molecular formula is C10H21NS. The first kappa shape index (κ1) is 10.4. The summed E-state index contributed by atoms with van der Waals surface area (Å²) in [5, 5.41) is 0. The molecule has 1 aliphatic rings. The van der Waals surface area contributed by atoms with Crippen molar-refractivity contribution in [3.8, 4) is 0 Å². The van der Waals surface area contributed by atoms with Crippen LogP contribution < -0.4 is 0 Å². The summed E-state index contributed by atoms with van der Waals surface area (Å²) < 4.78 is 2.25. The van der Waals surface area contributed by atoms with Gasteiger partial charge in [-0.05, 0) is 19.3 Å². The van der Waals surface area contributed by atoms with Crippen molar-refractivity contribution in [3.63, 3.8) is 0 Å². The lowest BCUT2D eigenvalue weighted by molar-refractivity contribution is 0.259. The predicted octanol–water partition coefficient (Wildman–Crippen LogP) is 3.27. The Morgan fingerprint density at radius 3 is 2.83 bits per heavy atom. The minimum Gasteiger partial charge on any atom is -0.250 e. The molecule has 0 spiro atoms. The third-order valence-corrected chi connectivity index (χ3v) is 3.26. The van der Waals surface area contributed by atoms with Crippen LogP contribution in [0.15, 0.2) is 0 Å². The third-order valence-electron chi connectivity index (χ3n) is 2.74. The van der Waals surface area contributed by atoms with E-state index in [-0.39, 0.29) is 0 Å². The van der Waals surface area contributed by atoms with Gasteiger partial charge in [-0.15, -0.1) is 0 Å². The van der Waals surface area contributed by atoms with E-state index in [1.54, 1.807) is 0 Å². The maximum Gasteiger partial charge on any atom is 0.0200 e. The molecule has 1 atom stereocenters. The van der Waals surface area contributed by atoms with E-state index in [4.69, 9.17) is 0 Å². The largest absolute Gasteiger partial charge is 0.250 e. The maximum absolute atomic E-state index is 4.49. The van der Waals surface area contributed by atoms with Crippen molar-refractivity contribution in [3.05, 3.63) is 0 Å². The SMILES string of the molecule is CCCCCC1CCCCN1S. The normalized spacial score (nSPS) is 26.0. The summed E-state index contributed by atoms with van der Waals surface area (Å²) in [5.74, 6) is 0. The summed E-state index contributed by atoms with van der Waals surface area (Å²) in [6.45, 7) is 3.46. The van der Waals surface area contributed by atoms with Crippen molar-refractivity contribution in [2.24, 2.45) is 0 Å². The van der Waals surface area contributed by atoms with Gasteiger partial charge in [0, 0.05) is 12.6 Å². The molecule has 0 radical (unpaired) electrons. The van der Waals surface area contributed by atoms with Crippen molar-refractivity contribution in [1.29, 1.82) is 0 Å². The van der Waals surface area contributed by atoms with Crippen LogP contribution in [0.1, 0.15) is 51.9 Å². The Hall–Kier alpha value is 0.310. The highest BCUT2D eigenvalue weighted by molar-refractivity contribution is 7.77. The summed E-state index contributed by atoms with van der Waals surface area (Å²) in [6, 6.07) is 0.772. The minimum atomic E-state index is 0.772. The van der Waals surface area contributed by atoms with Gasteiger partial charge in [0.15, 0.2) is 0 Å². The summed E-state index contributed by atoms with van der Waals surface area (Å²) in [6.07, 6.45) is 9.59. The molecule has 2 heteroatoms. The Morgan fingerprint density at radius 2 is 2.17 bits per heavy atom. The van der Waals surface area contributed by atoms with Gasteiger partial charge < -0.3 is 0 Å². The summed E-state index contributed by atoms with van der Waals surface area (Å²) >= 11 is 4.49. The molecule has 1 rings (SSSR count). The number of hydrogen-bond donors (Lipinski definition) is 1. The van der Waals surface area contributed by atoms with Crippen LogP contribution in [-0.2, 0) is 0 Å². The van der Waals surface area contributed by atoms with E-state index in [1.165, 1.54) is 51.5 Å². The molecule has 0 aliphatic carbocycles. The second-order valence-corrected chi connectivity index (χ2v) is 4.32. The Labute approximate surface area is 82.1 Å². The maximum atomic E-state index is 4.49. The highest BCUT2D eigenvalue weighted by Gasteiger charge is 2.18. The number of rotatable bonds is 4. The molecule has 1 nitrogen and oxygen atoms in total. The second kappa shape index (κ2) is 5.87. The van der Waals surface area contributed by atoms with Crippen molar-refractivity contribution in [2.75, 3.05) is 6.54 Å². The van der Waals surface area contributed by atoms with E-state index in [0.29, 0.717) is 0 Å². The fourth-order valence-corrected chi connectivity index (χ4v) is 2.28. The molecule has 0 aromatic heterocycles. The van der Waals surface area contributed by atoms with Gasteiger partial charge in [0.1, 0.15) is 0 Å². The second-order valence-electron chi connectivity index (χ2n) is 3.81. The van der Waals surface area contributed by atoms with E-state index in [0.717, 1.165) is 6.04 Å². The van der Waals surface area contributed by atoms with Crippen molar-refractivity contribution < 1.29 is 0 Å². The standard InChI is InChI=1S/C10H21NS/c1-2-3-4-7-10-8-5-6-9-11(10)12/h10,12H,2-9H2,1H3. The number of piperidine rings is 1. The molecule has 12 heavy (non-hydrogen) atoms. The van der Waals surface area contributed by atoms with Gasteiger partial charge in [-0.3, -0.25) is 4.31 Å². The van der Waals surface area contributed by atoms with E-state index in [9.17, 15) is 0 Å². The Kier molecular flexibility index (Phi) is 5.08. The molecule has 1 aliphatic heterocycles. The molecular weight excluding hydrogens is 166 g/mol. The molecule has 0 aromatic rings. The molecule has 1 fully saturated rings. The molecule has 0 aromatic carbocycles. The monoisotopic (exact) mass is 187 g/mol. The highest BCUT2D eigenvalue weighted by atomic mass is 32.1. The molecule has 1 unspecified atom stereocenters. The molecule has 72 valence electrons. The smallest absolute Gasteiger partial charge is 0.0200 e. The predicted molar refractivity (Wildman–Crippen MR) is 57.5 cm³/mol. The van der Waals surface area contributed by atoms with Crippen LogP contribution in [0.25, 0.3) is 0 Å². The third kappa shape index (κ3) is 3.36. The van der Waals surface area contributed by atoms with E-state index in [2.05, 4.69) is 24.0 Å². The molecule has 0 N–H and O–H groups in total. The first-order chi connectivity index (χ1) is 5.84. The van der Waals surface area contributed by atoms with Gasteiger partial charge in [0.2, 0.25) is 0 Å². The van der Waals surface area contributed by atoms with Crippen LogP contribution in [0.2, 0.25) is 0 Å². The molecule has 0 amide bonds. The first-order valence-electron chi connectivity index (χ1n) is 5.30. The van der Waals surface area contributed by atoms with Gasteiger partial charge >= 0.3 is 0 Å². The zero-order valence-corrected chi connectivity index (χ0v) is 9.02. The molecule has 1 heterocycles. The lowest BCUT2D eigenvalue weighted by atomic mass is 9.99. The number of nitrogens with zero attached hydrogens (tertiary/aromatic N) is 1. The van der Waals surface area contributed by atoms with E-state index >= 15 is 0 Å². The molecule has 1 saturated heterocycles. The fraction of sp³-hybridized carbons (Fsp3) is 1.00. The highest BCUT2D eigenvalue weighted by Crippen LogP contribution is 2.22. The van der Waals surface area contributed by atoms with E-state index in [1.807, 2.05) is 0 Å². The number of unbranched alkanes of at least 4 members (excludes halogenated alkanes) is 2. The summed E-state index contributed by atoms with van der Waals surface area (Å²) in [7, 11) is 0. The fourth-order valence-electron chi connectivity index (χ4n) is 1.91. The average molecular weight is 187 g/mol. The van der Waals surface area contributed by atoms with Gasteiger partial charge in [-0.25, -0.2) is 0 Å². The molecule has 0 bridgehead atoms. The average Bonchev–Trinajstić information content (AvgIpc) is 2.09. The summed E-state index contributed by atoms with van der Waals surface area (Å²) in [5.41, 5.74) is 0. The van der Waals surface area contributed by atoms with Crippen molar-refractivity contribution in [2.45, 2.75) is 57.9 Å².